The van der Waals surface area contributed by atoms with Crippen LogP contribution in [-0.2, 0) is 27.1 Å². The van der Waals surface area contributed by atoms with E-state index in [1.54, 1.807) is 17.9 Å². The van der Waals surface area contributed by atoms with Crippen LogP contribution in [0, 0.1) is 0 Å². The lowest BCUT2D eigenvalue weighted by Crippen LogP contribution is -2.46. The van der Waals surface area contributed by atoms with Crippen LogP contribution in [0.2, 0.25) is 0 Å². The standard InChI is InChI=1S/C20H24N2O4/c1-13(19(23)22-8-10-25-11-9-22)26-20(24)14-6-7-18-16(12-14)15-4-2-3-5-17(15)21-18/h6-7,12-13,21H,2-5,8-11H2,1H3. The van der Waals surface area contributed by atoms with E-state index in [-0.39, 0.29) is 5.91 Å². The summed E-state index contributed by atoms with van der Waals surface area (Å²) in [6.07, 6.45) is 3.70. The van der Waals surface area contributed by atoms with Crippen molar-refractivity contribution >= 4 is 22.8 Å². The number of carbonyl (C=O) groups is 2. The maximum atomic E-state index is 12.5. The van der Waals surface area contributed by atoms with Gasteiger partial charge in [0.25, 0.3) is 5.91 Å². The highest BCUT2D eigenvalue weighted by Gasteiger charge is 2.26. The second kappa shape index (κ2) is 7.11. The highest BCUT2D eigenvalue weighted by Crippen LogP contribution is 2.29. The lowest BCUT2D eigenvalue weighted by Gasteiger charge is -2.28. The molecule has 0 spiro atoms. The zero-order chi connectivity index (χ0) is 18.1. The molecule has 1 saturated heterocycles. The van der Waals surface area contributed by atoms with Gasteiger partial charge in [-0.05, 0) is 56.4 Å². The van der Waals surface area contributed by atoms with Gasteiger partial charge in [0, 0.05) is 29.7 Å². The molecule has 6 heteroatoms. The average molecular weight is 356 g/mol. The van der Waals surface area contributed by atoms with Crippen LogP contribution in [0.15, 0.2) is 18.2 Å². The van der Waals surface area contributed by atoms with Gasteiger partial charge in [-0.1, -0.05) is 0 Å². The number of hydrogen-bond acceptors (Lipinski definition) is 4. The van der Waals surface area contributed by atoms with Crippen LogP contribution in [-0.4, -0.2) is 54.2 Å². The minimum absolute atomic E-state index is 0.165. The summed E-state index contributed by atoms with van der Waals surface area (Å²) in [7, 11) is 0. The number of morpholine rings is 1. The SMILES string of the molecule is CC(OC(=O)c1ccc2[nH]c3c(c2c1)CCCC3)C(=O)N1CCOCC1. The highest BCUT2D eigenvalue weighted by atomic mass is 16.5. The number of fused-ring (bicyclic) bond motifs is 3. The van der Waals surface area contributed by atoms with Crippen LogP contribution in [0.1, 0.15) is 41.4 Å². The topological polar surface area (TPSA) is 71.6 Å². The van der Waals surface area contributed by atoms with Crippen LogP contribution in [0.5, 0.6) is 0 Å². The molecule has 4 rings (SSSR count). The van der Waals surface area contributed by atoms with Crippen molar-refractivity contribution in [2.75, 3.05) is 26.3 Å². The van der Waals surface area contributed by atoms with E-state index >= 15 is 0 Å². The van der Waals surface area contributed by atoms with E-state index in [1.807, 2.05) is 12.1 Å². The fourth-order valence-corrected chi connectivity index (χ4v) is 3.85. The van der Waals surface area contributed by atoms with Gasteiger partial charge in [-0.2, -0.15) is 0 Å². The molecule has 1 fully saturated rings. The van der Waals surface area contributed by atoms with E-state index in [0.717, 1.165) is 23.7 Å². The van der Waals surface area contributed by atoms with Gasteiger partial charge in [-0.25, -0.2) is 4.79 Å². The molecular formula is C20H24N2O4. The minimum Gasteiger partial charge on any atom is -0.449 e. The van der Waals surface area contributed by atoms with Crippen LogP contribution >= 0.6 is 0 Å². The van der Waals surface area contributed by atoms with Crippen molar-refractivity contribution in [2.24, 2.45) is 0 Å². The fourth-order valence-electron chi connectivity index (χ4n) is 3.85. The average Bonchev–Trinajstić information content (AvgIpc) is 3.05. The predicted molar refractivity (Wildman–Crippen MR) is 97.2 cm³/mol. The van der Waals surface area contributed by atoms with Crippen molar-refractivity contribution in [1.82, 2.24) is 9.88 Å². The molecule has 2 aromatic rings. The number of nitrogens with zero attached hydrogens (tertiary/aromatic N) is 1. The summed E-state index contributed by atoms with van der Waals surface area (Å²) < 4.78 is 10.7. The number of aromatic amines is 1. The molecule has 6 nitrogen and oxygen atoms in total. The maximum Gasteiger partial charge on any atom is 0.338 e. The zero-order valence-electron chi connectivity index (χ0n) is 15.0. The third-order valence-electron chi connectivity index (χ3n) is 5.29. The molecule has 0 saturated carbocycles. The molecule has 1 aliphatic heterocycles. The van der Waals surface area contributed by atoms with E-state index in [9.17, 15) is 9.59 Å². The molecule has 26 heavy (non-hydrogen) atoms. The van der Waals surface area contributed by atoms with Crippen LogP contribution in [0.3, 0.4) is 0 Å². The number of esters is 1. The van der Waals surface area contributed by atoms with Crippen molar-refractivity contribution in [2.45, 2.75) is 38.7 Å². The number of hydrogen-bond donors (Lipinski definition) is 1. The number of rotatable bonds is 3. The van der Waals surface area contributed by atoms with Crippen molar-refractivity contribution in [1.29, 1.82) is 0 Å². The van der Waals surface area contributed by atoms with Crippen molar-refractivity contribution in [3.05, 3.63) is 35.0 Å². The molecule has 1 unspecified atom stereocenters. The van der Waals surface area contributed by atoms with Gasteiger partial charge >= 0.3 is 5.97 Å². The summed E-state index contributed by atoms with van der Waals surface area (Å²) in [6, 6.07) is 5.58. The molecule has 1 aromatic carbocycles. The molecule has 1 N–H and O–H groups in total. The van der Waals surface area contributed by atoms with Crippen molar-refractivity contribution in [3.8, 4) is 0 Å². The van der Waals surface area contributed by atoms with Gasteiger partial charge < -0.3 is 19.4 Å². The number of carbonyl (C=O) groups excluding carboxylic acids is 2. The third-order valence-corrected chi connectivity index (χ3v) is 5.29. The highest BCUT2D eigenvalue weighted by molar-refractivity contribution is 5.97. The first-order chi connectivity index (χ1) is 12.6. The second-order valence-electron chi connectivity index (χ2n) is 7.03. The monoisotopic (exact) mass is 356 g/mol. The number of benzene rings is 1. The maximum absolute atomic E-state index is 12.5. The number of aromatic nitrogens is 1. The summed E-state index contributed by atoms with van der Waals surface area (Å²) in [6.45, 7) is 3.78. The zero-order valence-corrected chi connectivity index (χ0v) is 15.0. The van der Waals surface area contributed by atoms with Gasteiger partial charge in [0.1, 0.15) is 0 Å². The Balaban J connectivity index is 1.49. The summed E-state index contributed by atoms with van der Waals surface area (Å²) >= 11 is 0. The van der Waals surface area contributed by atoms with Crippen molar-refractivity contribution in [3.63, 3.8) is 0 Å². The Morgan fingerprint density at radius 1 is 1.19 bits per heavy atom. The Hall–Kier alpha value is -2.34. The Labute approximate surface area is 152 Å². The fraction of sp³-hybridized carbons (Fsp3) is 0.500. The Kier molecular flexibility index (Phi) is 4.68. The molecule has 2 aliphatic rings. The molecule has 1 aliphatic carbocycles. The summed E-state index contributed by atoms with van der Waals surface area (Å²) in [5.41, 5.74) is 4.16. The van der Waals surface area contributed by atoms with E-state index < -0.39 is 12.1 Å². The predicted octanol–water partition coefficient (Wildman–Crippen LogP) is 2.45. The van der Waals surface area contributed by atoms with Crippen LogP contribution in [0.25, 0.3) is 10.9 Å². The second-order valence-corrected chi connectivity index (χ2v) is 7.03. The van der Waals surface area contributed by atoms with Gasteiger partial charge in [-0.3, -0.25) is 4.79 Å². The Morgan fingerprint density at radius 3 is 2.77 bits per heavy atom. The first-order valence-electron chi connectivity index (χ1n) is 9.34. The molecule has 138 valence electrons. The number of aryl methyl sites for hydroxylation is 2. The minimum atomic E-state index is -0.795. The summed E-state index contributed by atoms with van der Waals surface area (Å²) in [4.78, 5) is 30.1. The van der Waals surface area contributed by atoms with Crippen molar-refractivity contribution < 1.29 is 19.1 Å². The van der Waals surface area contributed by atoms with Gasteiger partial charge in [-0.15, -0.1) is 0 Å². The lowest BCUT2D eigenvalue weighted by molar-refractivity contribution is -0.143. The molecule has 2 heterocycles. The van der Waals surface area contributed by atoms with Crippen LogP contribution in [0.4, 0.5) is 0 Å². The number of H-pyrrole nitrogens is 1. The number of amides is 1. The van der Waals surface area contributed by atoms with E-state index in [1.165, 1.54) is 24.1 Å². The first-order valence-corrected chi connectivity index (χ1v) is 9.34. The smallest absolute Gasteiger partial charge is 0.338 e. The summed E-state index contributed by atoms with van der Waals surface area (Å²) in [5, 5.41) is 1.10. The summed E-state index contributed by atoms with van der Waals surface area (Å²) in [5.74, 6) is -0.617. The molecule has 1 aromatic heterocycles. The largest absolute Gasteiger partial charge is 0.449 e. The van der Waals surface area contributed by atoms with E-state index in [0.29, 0.717) is 31.9 Å². The Morgan fingerprint density at radius 2 is 1.96 bits per heavy atom. The molecule has 1 atom stereocenters. The van der Waals surface area contributed by atoms with Crippen LogP contribution < -0.4 is 0 Å². The molecule has 0 bridgehead atoms. The lowest BCUT2D eigenvalue weighted by atomic mass is 9.95. The normalized spacial score (nSPS) is 18.4. The van der Waals surface area contributed by atoms with Gasteiger partial charge in [0.05, 0.1) is 18.8 Å². The van der Waals surface area contributed by atoms with E-state index in [4.69, 9.17) is 9.47 Å². The first kappa shape index (κ1) is 17.1. The Bertz CT molecular complexity index is 836. The number of ether oxygens (including phenoxy) is 2. The molecular weight excluding hydrogens is 332 g/mol. The number of nitrogens with one attached hydrogen (secondary N) is 1. The molecule has 0 radical (unpaired) electrons. The van der Waals surface area contributed by atoms with Gasteiger partial charge in [0.15, 0.2) is 6.10 Å². The third kappa shape index (κ3) is 3.21. The molecule has 1 amide bonds. The van der Waals surface area contributed by atoms with E-state index in [2.05, 4.69) is 4.98 Å². The quantitative estimate of drug-likeness (QED) is 0.858. The van der Waals surface area contributed by atoms with Gasteiger partial charge in [0.2, 0.25) is 0 Å².